The molecule has 0 spiro atoms. The third-order valence-corrected chi connectivity index (χ3v) is 5.58. The van der Waals surface area contributed by atoms with E-state index in [0.717, 1.165) is 54.7 Å². The standard InChI is InChI=1S/C20H25N3O2/c1-13-9-14(2)22(21-13)12-15-3-5-16(6-4-15)20(25)23-17-7-8-18(23)11-19(24)10-17/h3-6,9,17-19,24H,7-8,10-12H2,1-2H3/t17-,18+,19?. The fourth-order valence-electron chi connectivity index (χ4n) is 4.39. The van der Waals surface area contributed by atoms with E-state index in [2.05, 4.69) is 18.1 Å². The molecule has 5 heteroatoms. The summed E-state index contributed by atoms with van der Waals surface area (Å²) in [6.07, 6.45) is 3.23. The molecule has 2 aliphatic heterocycles. The second-order valence-corrected chi connectivity index (χ2v) is 7.50. The summed E-state index contributed by atoms with van der Waals surface area (Å²) in [5, 5.41) is 14.4. The van der Waals surface area contributed by atoms with Crippen LogP contribution in [-0.2, 0) is 6.54 Å². The highest BCUT2D eigenvalue weighted by Crippen LogP contribution is 2.36. The van der Waals surface area contributed by atoms with Gasteiger partial charge in [0.1, 0.15) is 0 Å². The Morgan fingerprint density at radius 1 is 1.16 bits per heavy atom. The maximum atomic E-state index is 12.9. The van der Waals surface area contributed by atoms with Crippen LogP contribution in [0.2, 0.25) is 0 Å². The molecular formula is C20H25N3O2. The van der Waals surface area contributed by atoms with Crippen LogP contribution in [0, 0.1) is 13.8 Å². The molecule has 2 bridgehead atoms. The zero-order chi connectivity index (χ0) is 17.6. The molecule has 3 heterocycles. The van der Waals surface area contributed by atoms with Gasteiger partial charge in [-0.2, -0.15) is 5.10 Å². The molecule has 3 atom stereocenters. The molecule has 1 unspecified atom stereocenters. The number of nitrogens with zero attached hydrogens (tertiary/aromatic N) is 3. The summed E-state index contributed by atoms with van der Waals surface area (Å²) in [5.74, 6) is 0.108. The van der Waals surface area contributed by atoms with E-state index in [1.165, 1.54) is 0 Å². The van der Waals surface area contributed by atoms with E-state index in [1.54, 1.807) is 0 Å². The van der Waals surface area contributed by atoms with Crippen molar-refractivity contribution in [2.75, 3.05) is 0 Å². The van der Waals surface area contributed by atoms with Crippen LogP contribution in [0.4, 0.5) is 0 Å². The lowest BCUT2D eigenvalue weighted by Crippen LogP contribution is -2.48. The van der Waals surface area contributed by atoms with Crippen LogP contribution in [0.1, 0.15) is 53.0 Å². The summed E-state index contributed by atoms with van der Waals surface area (Å²) >= 11 is 0. The summed E-state index contributed by atoms with van der Waals surface area (Å²) in [4.78, 5) is 14.9. The Kier molecular flexibility index (Phi) is 4.12. The smallest absolute Gasteiger partial charge is 0.254 e. The summed E-state index contributed by atoms with van der Waals surface area (Å²) in [6, 6.07) is 10.4. The van der Waals surface area contributed by atoms with Gasteiger partial charge >= 0.3 is 0 Å². The summed E-state index contributed by atoms with van der Waals surface area (Å²) < 4.78 is 1.98. The van der Waals surface area contributed by atoms with Gasteiger partial charge in [0.25, 0.3) is 5.91 Å². The van der Waals surface area contributed by atoms with E-state index >= 15 is 0 Å². The molecule has 4 rings (SSSR count). The Labute approximate surface area is 148 Å². The van der Waals surface area contributed by atoms with E-state index in [-0.39, 0.29) is 24.1 Å². The lowest BCUT2D eigenvalue weighted by Gasteiger charge is -2.37. The van der Waals surface area contributed by atoms with E-state index in [4.69, 9.17) is 0 Å². The van der Waals surface area contributed by atoms with Crippen molar-refractivity contribution in [3.63, 3.8) is 0 Å². The molecule has 0 saturated carbocycles. The molecule has 2 fully saturated rings. The van der Waals surface area contributed by atoms with Gasteiger partial charge in [0.2, 0.25) is 0 Å². The van der Waals surface area contributed by atoms with Gasteiger partial charge in [0, 0.05) is 23.3 Å². The fourth-order valence-corrected chi connectivity index (χ4v) is 4.39. The van der Waals surface area contributed by atoms with Gasteiger partial charge in [0.15, 0.2) is 0 Å². The van der Waals surface area contributed by atoms with Gasteiger partial charge in [-0.25, -0.2) is 0 Å². The number of hydrogen-bond donors (Lipinski definition) is 1. The van der Waals surface area contributed by atoms with Crippen molar-refractivity contribution in [2.24, 2.45) is 0 Å². The first kappa shape index (κ1) is 16.3. The Hall–Kier alpha value is -2.14. The highest BCUT2D eigenvalue weighted by atomic mass is 16.3. The molecule has 1 N–H and O–H groups in total. The number of hydrogen-bond acceptors (Lipinski definition) is 3. The van der Waals surface area contributed by atoms with E-state index in [1.807, 2.05) is 40.8 Å². The minimum absolute atomic E-state index is 0.108. The van der Waals surface area contributed by atoms with Gasteiger partial charge in [-0.05, 0) is 63.3 Å². The fraction of sp³-hybridized carbons (Fsp3) is 0.500. The van der Waals surface area contributed by atoms with Crippen LogP contribution in [0.15, 0.2) is 30.3 Å². The number of aromatic nitrogens is 2. The molecule has 0 aliphatic carbocycles. The number of aliphatic hydroxyl groups is 1. The molecular weight excluding hydrogens is 314 g/mol. The predicted molar refractivity (Wildman–Crippen MR) is 95.5 cm³/mol. The summed E-state index contributed by atoms with van der Waals surface area (Å²) in [6.45, 7) is 4.77. The van der Waals surface area contributed by atoms with Crippen molar-refractivity contribution >= 4 is 5.91 Å². The largest absolute Gasteiger partial charge is 0.393 e. The van der Waals surface area contributed by atoms with Crippen molar-refractivity contribution in [2.45, 2.75) is 64.3 Å². The molecule has 2 saturated heterocycles. The van der Waals surface area contributed by atoms with Crippen LogP contribution in [0.3, 0.4) is 0 Å². The van der Waals surface area contributed by atoms with Gasteiger partial charge < -0.3 is 10.0 Å². The lowest BCUT2D eigenvalue weighted by molar-refractivity contribution is 0.0287. The minimum atomic E-state index is -0.246. The normalized spacial score (nSPS) is 25.4. The zero-order valence-electron chi connectivity index (χ0n) is 14.9. The molecule has 2 aliphatic rings. The number of aliphatic hydroxyl groups excluding tert-OH is 1. The van der Waals surface area contributed by atoms with Crippen LogP contribution < -0.4 is 0 Å². The number of piperidine rings is 1. The Balaban J connectivity index is 1.49. The first-order valence-corrected chi connectivity index (χ1v) is 9.12. The van der Waals surface area contributed by atoms with E-state index < -0.39 is 0 Å². The van der Waals surface area contributed by atoms with Crippen molar-refractivity contribution < 1.29 is 9.90 Å². The third-order valence-electron chi connectivity index (χ3n) is 5.58. The summed E-state index contributed by atoms with van der Waals surface area (Å²) in [7, 11) is 0. The third kappa shape index (κ3) is 3.09. The van der Waals surface area contributed by atoms with Crippen molar-refractivity contribution in [1.82, 2.24) is 14.7 Å². The van der Waals surface area contributed by atoms with E-state index in [0.29, 0.717) is 0 Å². The topological polar surface area (TPSA) is 58.4 Å². The number of fused-ring (bicyclic) bond motifs is 2. The molecule has 1 amide bonds. The van der Waals surface area contributed by atoms with Crippen LogP contribution in [-0.4, -0.2) is 43.9 Å². The highest BCUT2D eigenvalue weighted by Gasteiger charge is 2.42. The average molecular weight is 339 g/mol. The maximum absolute atomic E-state index is 12.9. The molecule has 132 valence electrons. The molecule has 1 aromatic carbocycles. The molecule has 1 aromatic heterocycles. The number of aryl methyl sites for hydroxylation is 2. The number of rotatable bonds is 3. The Morgan fingerprint density at radius 3 is 2.36 bits per heavy atom. The molecule has 0 radical (unpaired) electrons. The highest BCUT2D eigenvalue weighted by molar-refractivity contribution is 5.95. The van der Waals surface area contributed by atoms with Gasteiger partial charge in [0.05, 0.1) is 18.3 Å². The lowest BCUT2D eigenvalue weighted by atomic mass is 9.98. The van der Waals surface area contributed by atoms with Crippen molar-refractivity contribution in [3.8, 4) is 0 Å². The number of carbonyl (C=O) groups excluding carboxylic acids is 1. The first-order chi connectivity index (χ1) is 12.0. The SMILES string of the molecule is Cc1cc(C)n(Cc2ccc(C(=O)N3[C@@H]4CC[C@H]3CC(O)C4)cc2)n1. The van der Waals surface area contributed by atoms with Crippen LogP contribution in [0.25, 0.3) is 0 Å². The Bertz CT molecular complexity index is 767. The molecule has 2 aromatic rings. The molecule has 25 heavy (non-hydrogen) atoms. The summed E-state index contributed by atoms with van der Waals surface area (Å²) in [5.41, 5.74) is 4.04. The minimum Gasteiger partial charge on any atom is -0.393 e. The van der Waals surface area contributed by atoms with Gasteiger partial charge in [-0.15, -0.1) is 0 Å². The second-order valence-electron chi connectivity index (χ2n) is 7.50. The van der Waals surface area contributed by atoms with E-state index in [9.17, 15) is 9.90 Å². The molecule has 5 nitrogen and oxygen atoms in total. The van der Waals surface area contributed by atoms with Crippen LogP contribution >= 0.6 is 0 Å². The number of amides is 1. The predicted octanol–water partition coefficient (Wildman–Crippen LogP) is 2.68. The van der Waals surface area contributed by atoms with Crippen molar-refractivity contribution in [3.05, 3.63) is 52.8 Å². The van der Waals surface area contributed by atoms with Gasteiger partial charge in [-0.1, -0.05) is 12.1 Å². The monoisotopic (exact) mass is 339 g/mol. The second kappa shape index (κ2) is 6.30. The maximum Gasteiger partial charge on any atom is 0.254 e. The van der Waals surface area contributed by atoms with Gasteiger partial charge in [-0.3, -0.25) is 9.48 Å². The number of carbonyl (C=O) groups is 1. The Morgan fingerprint density at radius 2 is 1.80 bits per heavy atom. The van der Waals surface area contributed by atoms with Crippen molar-refractivity contribution in [1.29, 1.82) is 0 Å². The number of benzene rings is 1. The van der Waals surface area contributed by atoms with Crippen LogP contribution in [0.5, 0.6) is 0 Å². The average Bonchev–Trinajstić information content (AvgIpc) is 3.03. The zero-order valence-corrected chi connectivity index (χ0v) is 14.9. The first-order valence-electron chi connectivity index (χ1n) is 9.12. The quantitative estimate of drug-likeness (QED) is 0.935.